The van der Waals surface area contributed by atoms with E-state index in [1.807, 2.05) is 26.0 Å². The Morgan fingerprint density at radius 1 is 1.22 bits per heavy atom. The van der Waals surface area contributed by atoms with E-state index in [0.717, 1.165) is 21.8 Å². The van der Waals surface area contributed by atoms with Crippen molar-refractivity contribution in [2.45, 2.75) is 19.7 Å². The minimum absolute atomic E-state index is 0.332. The number of nitrogens with zero attached hydrogens (tertiary/aromatic N) is 1. The lowest BCUT2D eigenvalue weighted by atomic mass is 10.1. The molecule has 2 rings (SSSR count). The summed E-state index contributed by atoms with van der Waals surface area (Å²) in [6.07, 6.45) is 0. The SMILES string of the molecule is Cc1cc(Cl)cc(C)c1Oc1nc(Cl)c(CCl)s1. The number of hydrogen-bond acceptors (Lipinski definition) is 3. The Kier molecular flexibility index (Phi) is 4.38. The first kappa shape index (κ1) is 13.9. The number of aromatic nitrogens is 1. The fourth-order valence-electron chi connectivity index (χ4n) is 1.58. The normalized spacial score (nSPS) is 10.7. The zero-order valence-electron chi connectivity index (χ0n) is 9.76. The van der Waals surface area contributed by atoms with Crippen LogP contribution in [0.15, 0.2) is 12.1 Å². The molecule has 2 aromatic rings. The lowest BCUT2D eigenvalue weighted by molar-refractivity contribution is 0.471. The predicted octanol–water partition coefficient (Wildman–Crippen LogP) is 5.60. The molecule has 18 heavy (non-hydrogen) atoms. The lowest BCUT2D eigenvalue weighted by Gasteiger charge is -2.09. The van der Waals surface area contributed by atoms with Gasteiger partial charge in [-0.3, -0.25) is 0 Å². The quantitative estimate of drug-likeness (QED) is 0.686. The Morgan fingerprint density at radius 3 is 2.33 bits per heavy atom. The summed E-state index contributed by atoms with van der Waals surface area (Å²) in [5.41, 5.74) is 1.91. The number of halogens is 3. The molecule has 0 radical (unpaired) electrons. The molecule has 0 aliphatic heterocycles. The van der Waals surface area contributed by atoms with E-state index in [4.69, 9.17) is 39.5 Å². The van der Waals surface area contributed by atoms with Gasteiger partial charge in [0.15, 0.2) is 0 Å². The zero-order chi connectivity index (χ0) is 13.3. The molecule has 1 aromatic carbocycles. The van der Waals surface area contributed by atoms with Crippen LogP contribution < -0.4 is 4.74 Å². The average Bonchev–Trinajstić information content (AvgIpc) is 2.64. The van der Waals surface area contributed by atoms with Gasteiger partial charge in [-0.25, -0.2) is 0 Å². The van der Waals surface area contributed by atoms with Crippen LogP contribution in [0.4, 0.5) is 0 Å². The summed E-state index contributed by atoms with van der Waals surface area (Å²) in [7, 11) is 0. The van der Waals surface area contributed by atoms with E-state index in [2.05, 4.69) is 4.98 Å². The second kappa shape index (κ2) is 5.66. The van der Waals surface area contributed by atoms with Gasteiger partial charge in [0.25, 0.3) is 5.19 Å². The molecule has 0 aliphatic rings. The van der Waals surface area contributed by atoms with Crippen molar-refractivity contribution in [3.63, 3.8) is 0 Å². The molecule has 1 heterocycles. The molecule has 0 unspecified atom stereocenters. The van der Waals surface area contributed by atoms with Gasteiger partial charge in [0, 0.05) is 5.02 Å². The van der Waals surface area contributed by atoms with Gasteiger partial charge in [-0.1, -0.05) is 34.5 Å². The van der Waals surface area contributed by atoms with Crippen LogP contribution in [0.25, 0.3) is 0 Å². The minimum atomic E-state index is 0.332. The Balaban J connectivity index is 2.33. The Labute approximate surface area is 124 Å². The van der Waals surface area contributed by atoms with Gasteiger partial charge in [0.2, 0.25) is 0 Å². The highest BCUT2D eigenvalue weighted by molar-refractivity contribution is 7.14. The monoisotopic (exact) mass is 321 g/mol. The second-order valence-corrected chi connectivity index (χ2v) is 5.91. The first-order chi connectivity index (χ1) is 8.51. The number of benzene rings is 1. The topological polar surface area (TPSA) is 22.1 Å². The van der Waals surface area contributed by atoms with Crippen LogP contribution in [0.2, 0.25) is 10.2 Å². The van der Waals surface area contributed by atoms with E-state index >= 15 is 0 Å². The molecule has 6 heteroatoms. The van der Waals surface area contributed by atoms with Gasteiger partial charge in [-0.15, -0.1) is 11.6 Å². The maximum atomic E-state index is 5.97. The zero-order valence-corrected chi connectivity index (χ0v) is 12.8. The van der Waals surface area contributed by atoms with E-state index < -0.39 is 0 Å². The summed E-state index contributed by atoms with van der Waals surface area (Å²) < 4.78 is 5.76. The summed E-state index contributed by atoms with van der Waals surface area (Å²) in [5, 5.41) is 1.58. The molecule has 0 fully saturated rings. The van der Waals surface area contributed by atoms with Gasteiger partial charge in [-0.2, -0.15) is 4.98 Å². The third kappa shape index (κ3) is 2.91. The molecule has 0 spiro atoms. The molecule has 0 N–H and O–H groups in total. The third-order valence-electron chi connectivity index (χ3n) is 2.37. The summed E-state index contributed by atoms with van der Waals surface area (Å²) in [6, 6.07) is 3.70. The second-order valence-electron chi connectivity index (χ2n) is 3.80. The van der Waals surface area contributed by atoms with Gasteiger partial charge < -0.3 is 4.74 Å². The van der Waals surface area contributed by atoms with Crippen molar-refractivity contribution in [3.8, 4) is 10.9 Å². The van der Waals surface area contributed by atoms with Crippen LogP contribution in [-0.2, 0) is 5.88 Å². The Bertz CT molecular complexity index is 560. The van der Waals surface area contributed by atoms with Crippen molar-refractivity contribution < 1.29 is 4.74 Å². The van der Waals surface area contributed by atoms with Crippen LogP contribution in [0.1, 0.15) is 16.0 Å². The number of alkyl halides is 1. The molecule has 0 bridgehead atoms. The van der Waals surface area contributed by atoms with Crippen LogP contribution in [0.3, 0.4) is 0 Å². The van der Waals surface area contributed by atoms with Gasteiger partial charge in [-0.05, 0) is 37.1 Å². The van der Waals surface area contributed by atoms with E-state index in [1.165, 1.54) is 11.3 Å². The van der Waals surface area contributed by atoms with Gasteiger partial charge in [0.05, 0.1) is 10.8 Å². The first-order valence-electron chi connectivity index (χ1n) is 5.17. The average molecular weight is 323 g/mol. The van der Waals surface area contributed by atoms with Crippen LogP contribution in [0, 0.1) is 13.8 Å². The number of rotatable bonds is 3. The van der Waals surface area contributed by atoms with Crippen molar-refractivity contribution in [3.05, 3.63) is 38.3 Å². The molecule has 0 amide bonds. The summed E-state index contributed by atoms with van der Waals surface area (Å²) >= 11 is 19.0. The van der Waals surface area contributed by atoms with Crippen LogP contribution >= 0.6 is 46.1 Å². The highest BCUT2D eigenvalue weighted by Crippen LogP contribution is 2.36. The Hall–Kier alpha value is -0.480. The van der Waals surface area contributed by atoms with E-state index in [0.29, 0.717) is 21.2 Å². The molecule has 0 aliphatic carbocycles. The third-order valence-corrected chi connectivity index (χ3v) is 4.37. The smallest absolute Gasteiger partial charge is 0.280 e. The highest BCUT2D eigenvalue weighted by atomic mass is 35.5. The lowest BCUT2D eigenvalue weighted by Crippen LogP contribution is -1.90. The van der Waals surface area contributed by atoms with Gasteiger partial charge in [0.1, 0.15) is 10.9 Å². The van der Waals surface area contributed by atoms with Crippen LogP contribution in [0.5, 0.6) is 10.9 Å². The summed E-state index contributed by atoms with van der Waals surface area (Å²) in [4.78, 5) is 4.93. The predicted molar refractivity (Wildman–Crippen MR) is 77.7 cm³/mol. The van der Waals surface area contributed by atoms with Crippen molar-refractivity contribution >= 4 is 46.1 Å². The van der Waals surface area contributed by atoms with E-state index in [9.17, 15) is 0 Å². The minimum Gasteiger partial charge on any atom is -0.430 e. The summed E-state index contributed by atoms with van der Waals surface area (Å²) in [6.45, 7) is 3.87. The molecule has 0 saturated carbocycles. The highest BCUT2D eigenvalue weighted by Gasteiger charge is 2.13. The maximum absolute atomic E-state index is 5.97. The van der Waals surface area contributed by atoms with Crippen molar-refractivity contribution in [1.82, 2.24) is 4.98 Å². The fraction of sp³-hybridized carbons (Fsp3) is 0.250. The molecule has 1 aromatic heterocycles. The standard InChI is InChI=1S/C12H10Cl3NOS/c1-6-3-8(14)4-7(2)10(6)17-12-16-11(15)9(5-13)18-12/h3-4H,5H2,1-2H3. The van der Waals surface area contributed by atoms with Crippen molar-refractivity contribution in [2.24, 2.45) is 0 Å². The fourth-order valence-corrected chi connectivity index (χ4v) is 3.24. The summed E-state index contributed by atoms with van der Waals surface area (Å²) in [5.74, 6) is 1.09. The largest absolute Gasteiger partial charge is 0.430 e. The maximum Gasteiger partial charge on any atom is 0.280 e. The Morgan fingerprint density at radius 2 is 1.83 bits per heavy atom. The van der Waals surface area contributed by atoms with Crippen molar-refractivity contribution in [2.75, 3.05) is 0 Å². The molecular weight excluding hydrogens is 313 g/mol. The van der Waals surface area contributed by atoms with Crippen LogP contribution in [-0.4, -0.2) is 4.98 Å². The van der Waals surface area contributed by atoms with Crippen molar-refractivity contribution in [1.29, 1.82) is 0 Å². The molecule has 96 valence electrons. The number of ether oxygens (including phenoxy) is 1. The number of thiazole rings is 1. The van der Waals surface area contributed by atoms with E-state index in [-0.39, 0.29) is 0 Å². The molecular formula is C12H10Cl3NOS. The van der Waals surface area contributed by atoms with Gasteiger partial charge >= 0.3 is 0 Å². The first-order valence-corrected chi connectivity index (χ1v) is 7.27. The number of hydrogen-bond donors (Lipinski definition) is 0. The molecule has 0 atom stereocenters. The molecule has 2 nitrogen and oxygen atoms in total. The molecule has 0 saturated heterocycles. The number of aryl methyl sites for hydroxylation is 2. The van der Waals surface area contributed by atoms with E-state index in [1.54, 1.807) is 0 Å².